The first-order valence-electron chi connectivity index (χ1n) is 18.7. The summed E-state index contributed by atoms with van der Waals surface area (Å²) in [5.41, 5.74) is 2.42. The lowest BCUT2D eigenvalue weighted by molar-refractivity contribution is -0.0336. The van der Waals surface area contributed by atoms with Gasteiger partial charge in [0.05, 0.1) is 17.7 Å². The minimum atomic E-state index is -0.846. The summed E-state index contributed by atoms with van der Waals surface area (Å²) in [6, 6.07) is 22.7. The number of phenolic OH excluding ortho intramolecular Hbond substituents is 1. The van der Waals surface area contributed by atoms with Crippen molar-refractivity contribution >= 4 is 22.9 Å². The van der Waals surface area contributed by atoms with Crippen molar-refractivity contribution in [2.24, 2.45) is 5.92 Å². The summed E-state index contributed by atoms with van der Waals surface area (Å²) < 4.78 is 17.5. The molecule has 5 heterocycles. The van der Waals surface area contributed by atoms with Crippen LogP contribution in [0.1, 0.15) is 70.9 Å². The lowest BCUT2D eigenvalue weighted by Gasteiger charge is -2.43. The monoisotopic (exact) mass is 750 g/mol. The van der Waals surface area contributed by atoms with E-state index in [4.69, 9.17) is 13.9 Å². The van der Waals surface area contributed by atoms with Crippen molar-refractivity contribution in [3.63, 3.8) is 0 Å². The Morgan fingerprint density at radius 1 is 0.982 bits per heavy atom. The zero-order chi connectivity index (χ0) is 38.1. The van der Waals surface area contributed by atoms with Gasteiger partial charge in [-0.25, -0.2) is 9.78 Å². The van der Waals surface area contributed by atoms with Gasteiger partial charge in [0, 0.05) is 31.1 Å². The number of H-pyrrole nitrogens is 1. The van der Waals surface area contributed by atoms with Crippen molar-refractivity contribution in [3.8, 4) is 11.5 Å². The fourth-order valence-electron chi connectivity index (χ4n) is 7.31. The van der Waals surface area contributed by atoms with Crippen LogP contribution in [0.4, 0.5) is 4.79 Å². The number of hydrogen-bond acceptors (Lipinski definition) is 11. The van der Waals surface area contributed by atoms with E-state index in [-0.39, 0.29) is 53.6 Å². The third-order valence-electron chi connectivity index (χ3n) is 10.3. The SMILES string of the molecule is O=C(N[C@@H](c1ccccc1)c1cccc(OCc2nc(C(=O)NCCCCNC[C@H](O)c3ccc(O)c4[nH]c(=O)ccc34)co2)c1)O[C@@H]1CN2CCC1CC2. The van der Waals surface area contributed by atoms with Gasteiger partial charge in [-0.3, -0.25) is 14.5 Å². The Balaban J connectivity index is 0.849. The lowest BCUT2D eigenvalue weighted by Crippen LogP contribution is -2.52. The molecule has 0 saturated carbocycles. The lowest BCUT2D eigenvalue weighted by atomic mass is 9.86. The number of ether oxygens (including phenoxy) is 2. The number of unbranched alkanes of at least 4 members (excludes halogenated alkanes) is 1. The van der Waals surface area contributed by atoms with Crippen LogP contribution in [0.3, 0.4) is 0 Å². The van der Waals surface area contributed by atoms with Gasteiger partial charge in [0.25, 0.3) is 5.91 Å². The molecule has 3 aliphatic rings. The number of nitrogens with zero attached hydrogens (tertiary/aromatic N) is 2. The molecule has 0 spiro atoms. The number of aliphatic hydroxyl groups excluding tert-OH is 1. The zero-order valence-electron chi connectivity index (χ0n) is 30.4. The molecule has 3 aliphatic heterocycles. The predicted octanol–water partition coefficient (Wildman–Crippen LogP) is 4.54. The highest BCUT2D eigenvalue weighted by Crippen LogP contribution is 2.31. The highest BCUT2D eigenvalue weighted by Gasteiger charge is 2.37. The van der Waals surface area contributed by atoms with Crippen molar-refractivity contribution < 1.29 is 33.7 Å². The molecule has 3 atom stereocenters. The van der Waals surface area contributed by atoms with E-state index < -0.39 is 18.2 Å². The zero-order valence-corrected chi connectivity index (χ0v) is 30.4. The Labute approximate surface area is 317 Å². The molecule has 2 aromatic heterocycles. The summed E-state index contributed by atoms with van der Waals surface area (Å²) in [5, 5.41) is 30.5. The summed E-state index contributed by atoms with van der Waals surface area (Å²) >= 11 is 0. The van der Waals surface area contributed by atoms with Gasteiger partial charge in [0.2, 0.25) is 11.4 Å². The smallest absolute Gasteiger partial charge is 0.408 e. The molecule has 14 heteroatoms. The molecule has 6 N–H and O–H groups in total. The molecule has 5 aromatic rings. The summed E-state index contributed by atoms with van der Waals surface area (Å²) in [6.07, 6.45) is 3.45. The number of phenols is 1. The molecule has 3 fully saturated rings. The second kappa shape index (κ2) is 17.6. The Bertz CT molecular complexity index is 2130. The predicted molar refractivity (Wildman–Crippen MR) is 204 cm³/mol. The van der Waals surface area contributed by atoms with E-state index in [0.29, 0.717) is 42.1 Å². The maximum atomic E-state index is 13.2. The maximum Gasteiger partial charge on any atom is 0.408 e. The quantitative estimate of drug-likeness (QED) is 0.0777. The van der Waals surface area contributed by atoms with E-state index in [2.05, 4.69) is 30.8 Å². The van der Waals surface area contributed by atoms with Crippen LogP contribution in [0.15, 0.2) is 94.3 Å². The number of fused-ring (bicyclic) bond motifs is 4. The molecule has 2 bridgehead atoms. The van der Waals surface area contributed by atoms with Crippen molar-refractivity contribution in [1.29, 1.82) is 0 Å². The van der Waals surface area contributed by atoms with Crippen molar-refractivity contribution in [3.05, 3.63) is 124 Å². The summed E-state index contributed by atoms with van der Waals surface area (Å²) in [7, 11) is 0. The van der Waals surface area contributed by atoms with E-state index >= 15 is 0 Å². The van der Waals surface area contributed by atoms with Gasteiger partial charge < -0.3 is 45.0 Å². The fourth-order valence-corrected chi connectivity index (χ4v) is 7.31. The number of aliphatic hydroxyl groups is 1. The molecule has 0 aliphatic carbocycles. The van der Waals surface area contributed by atoms with Crippen molar-refractivity contribution in [2.45, 2.75) is 50.5 Å². The summed E-state index contributed by atoms with van der Waals surface area (Å²) in [4.78, 5) is 46.8. The minimum Gasteiger partial charge on any atom is -0.506 e. The van der Waals surface area contributed by atoms with E-state index in [0.717, 1.165) is 50.0 Å². The molecule has 288 valence electrons. The van der Waals surface area contributed by atoms with Crippen LogP contribution in [0.5, 0.6) is 11.5 Å². The van der Waals surface area contributed by atoms with Crippen LogP contribution in [-0.2, 0) is 11.3 Å². The number of carbonyl (C=O) groups is 2. The number of piperidine rings is 3. The van der Waals surface area contributed by atoms with Gasteiger partial charge in [-0.1, -0.05) is 48.5 Å². The number of nitrogens with one attached hydrogen (secondary N) is 4. The number of aromatic hydroxyl groups is 1. The first-order valence-corrected chi connectivity index (χ1v) is 18.7. The highest BCUT2D eigenvalue weighted by molar-refractivity contribution is 5.91. The largest absolute Gasteiger partial charge is 0.506 e. The maximum absolute atomic E-state index is 13.2. The number of hydrogen-bond donors (Lipinski definition) is 6. The van der Waals surface area contributed by atoms with Crippen LogP contribution in [0.2, 0.25) is 0 Å². The van der Waals surface area contributed by atoms with E-state index in [1.165, 1.54) is 18.4 Å². The normalized spacial score (nSPS) is 18.7. The van der Waals surface area contributed by atoms with Crippen LogP contribution in [0, 0.1) is 5.92 Å². The molecular formula is C41H46N6O8. The Morgan fingerprint density at radius 3 is 2.58 bits per heavy atom. The number of benzene rings is 3. The van der Waals surface area contributed by atoms with Gasteiger partial charge in [-0.05, 0) is 92.2 Å². The molecular weight excluding hydrogens is 704 g/mol. The molecule has 0 radical (unpaired) electrons. The average Bonchev–Trinajstić information content (AvgIpc) is 3.69. The average molecular weight is 751 g/mol. The number of aromatic amines is 1. The first kappa shape index (κ1) is 37.6. The molecule has 14 nitrogen and oxygen atoms in total. The number of amides is 2. The molecule has 8 rings (SSSR count). The Kier molecular flexibility index (Phi) is 12.1. The second-order valence-electron chi connectivity index (χ2n) is 14.0. The van der Waals surface area contributed by atoms with Gasteiger partial charge in [0.1, 0.15) is 23.9 Å². The number of aromatic nitrogens is 2. The topological polar surface area (TPSA) is 191 Å². The van der Waals surface area contributed by atoms with E-state index in [1.807, 2.05) is 54.6 Å². The van der Waals surface area contributed by atoms with Crippen LogP contribution < -0.4 is 26.2 Å². The van der Waals surface area contributed by atoms with Crippen molar-refractivity contribution in [2.75, 3.05) is 39.3 Å². The Morgan fingerprint density at radius 2 is 1.78 bits per heavy atom. The molecule has 3 saturated heterocycles. The number of carbonyl (C=O) groups excluding carboxylic acids is 2. The van der Waals surface area contributed by atoms with Gasteiger partial charge in [-0.15, -0.1) is 0 Å². The van der Waals surface area contributed by atoms with Crippen LogP contribution in [0.25, 0.3) is 10.9 Å². The highest BCUT2D eigenvalue weighted by atomic mass is 16.6. The number of pyridine rings is 1. The first-order chi connectivity index (χ1) is 26.8. The summed E-state index contributed by atoms with van der Waals surface area (Å²) in [5.74, 6) is 0.772. The molecule has 55 heavy (non-hydrogen) atoms. The van der Waals surface area contributed by atoms with Crippen LogP contribution >= 0.6 is 0 Å². The van der Waals surface area contributed by atoms with Gasteiger partial charge in [-0.2, -0.15) is 0 Å². The Hall–Kier alpha value is -5.70. The van der Waals surface area contributed by atoms with Crippen molar-refractivity contribution in [1.82, 2.24) is 30.8 Å². The minimum absolute atomic E-state index is 0.00281. The fraction of sp³-hybridized carbons (Fsp3) is 0.366. The standard InChI is InChI=1S/C41H46N6O8/c48-33-13-11-30(31-12-14-36(50)45-39(31)33)34(49)22-42-17-4-5-18-43-40(51)32-24-54-37(44-32)25-53-29-10-6-9-28(21-29)38(27-7-2-1-3-8-27)46-41(52)55-35-23-47-19-15-26(35)16-20-47/h1-3,6-14,21,24,26,34-35,38,42,48-49H,4-5,15-20,22-23,25H2,(H,43,51)(H,45,50)(H,46,52)/t34-,35+,38-/m0/s1. The number of rotatable bonds is 16. The van der Waals surface area contributed by atoms with Gasteiger partial charge >= 0.3 is 6.09 Å². The van der Waals surface area contributed by atoms with E-state index in [9.17, 15) is 24.6 Å². The third-order valence-corrected chi connectivity index (χ3v) is 10.3. The summed E-state index contributed by atoms with van der Waals surface area (Å²) in [6.45, 7) is 4.22. The third kappa shape index (κ3) is 9.52. The second-order valence-corrected chi connectivity index (χ2v) is 14.0. The number of oxazole rings is 1. The molecule has 0 unspecified atom stereocenters. The molecule has 3 aromatic carbocycles. The molecule has 2 amide bonds. The van der Waals surface area contributed by atoms with E-state index in [1.54, 1.807) is 12.1 Å². The van der Waals surface area contributed by atoms with Crippen LogP contribution in [-0.4, -0.2) is 82.5 Å². The van der Waals surface area contributed by atoms with Gasteiger partial charge in [0.15, 0.2) is 12.3 Å². The number of alkyl carbamates (subject to hydrolysis) is 1.